The van der Waals surface area contributed by atoms with Crippen LogP contribution in [-0.4, -0.2) is 11.9 Å². The van der Waals surface area contributed by atoms with E-state index in [0.717, 1.165) is 17.7 Å². The molecule has 0 fully saturated rings. The van der Waals surface area contributed by atoms with Gasteiger partial charge in [0.1, 0.15) is 5.75 Å². The van der Waals surface area contributed by atoms with Crippen molar-refractivity contribution in [1.29, 1.82) is 0 Å². The number of unbranched alkanes of at least 4 members (excludes halogenated alkanes) is 9. The van der Waals surface area contributed by atoms with Crippen LogP contribution < -0.4 is 4.74 Å². The first-order valence-electron chi connectivity index (χ1n) is 8.17. The highest BCUT2D eigenvalue weighted by Gasteiger charge is 1.94. The van der Waals surface area contributed by atoms with Crippen LogP contribution >= 0.6 is 15.9 Å². The Kier molecular flexibility index (Phi) is 11.8. The zero-order valence-corrected chi connectivity index (χ0v) is 14.2. The molecule has 0 unspecified atom stereocenters. The number of benzene rings is 1. The number of rotatable bonds is 13. The fraction of sp³-hybridized carbons (Fsp3) is 0.667. The number of hydrogen-bond donors (Lipinski definition) is 0. The Morgan fingerprint density at radius 1 is 0.650 bits per heavy atom. The van der Waals surface area contributed by atoms with Crippen LogP contribution in [0.5, 0.6) is 5.75 Å². The van der Waals surface area contributed by atoms with Crippen LogP contribution in [0.25, 0.3) is 0 Å². The SMILES string of the molecule is BrCCCCCCCCCCCCOc1ccccc1. The molecule has 2 heteroatoms. The lowest BCUT2D eigenvalue weighted by atomic mass is 10.1. The molecule has 1 rings (SSSR count). The largest absolute Gasteiger partial charge is 0.494 e. The Balaban J connectivity index is 1.77. The van der Waals surface area contributed by atoms with E-state index in [4.69, 9.17) is 4.74 Å². The van der Waals surface area contributed by atoms with Gasteiger partial charge in [0.2, 0.25) is 0 Å². The summed E-state index contributed by atoms with van der Waals surface area (Å²) in [7, 11) is 0. The normalized spacial score (nSPS) is 10.7. The van der Waals surface area contributed by atoms with Gasteiger partial charge in [-0.05, 0) is 25.0 Å². The van der Waals surface area contributed by atoms with Crippen molar-refractivity contribution in [3.63, 3.8) is 0 Å². The lowest BCUT2D eigenvalue weighted by Crippen LogP contribution is -1.96. The molecule has 20 heavy (non-hydrogen) atoms. The molecular weight excluding hydrogens is 312 g/mol. The first kappa shape index (κ1) is 17.6. The van der Waals surface area contributed by atoms with E-state index in [1.807, 2.05) is 30.3 Å². The third-order valence-electron chi connectivity index (χ3n) is 3.54. The number of hydrogen-bond acceptors (Lipinski definition) is 1. The first-order chi connectivity index (χ1) is 9.93. The number of ether oxygens (including phenoxy) is 1. The van der Waals surface area contributed by atoms with Crippen LogP contribution in [0.15, 0.2) is 30.3 Å². The molecule has 0 N–H and O–H groups in total. The molecule has 0 bridgehead atoms. The molecule has 0 atom stereocenters. The Morgan fingerprint density at radius 3 is 1.70 bits per heavy atom. The minimum atomic E-state index is 0.858. The van der Waals surface area contributed by atoms with E-state index in [0.29, 0.717) is 0 Å². The average molecular weight is 341 g/mol. The second-order valence-electron chi connectivity index (χ2n) is 5.39. The molecule has 1 aromatic rings. The van der Waals surface area contributed by atoms with E-state index < -0.39 is 0 Å². The minimum absolute atomic E-state index is 0.858. The van der Waals surface area contributed by atoms with Gasteiger partial charge in [-0.2, -0.15) is 0 Å². The van der Waals surface area contributed by atoms with Crippen molar-refractivity contribution < 1.29 is 4.74 Å². The van der Waals surface area contributed by atoms with Gasteiger partial charge in [0.15, 0.2) is 0 Å². The smallest absolute Gasteiger partial charge is 0.119 e. The van der Waals surface area contributed by atoms with Gasteiger partial charge in [-0.15, -0.1) is 0 Å². The molecule has 0 aromatic heterocycles. The van der Waals surface area contributed by atoms with Gasteiger partial charge in [0, 0.05) is 5.33 Å². The van der Waals surface area contributed by atoms with Crippen molar-refractivity contribution in [3.05, 3.63) is 30.3 Å². The maximum Gasteiger partial charge on any atom is 0.119 e. The Morgan fingerprint density at radius 2 is 1.15 bits per heavy atom. The predicted molar refractivity (Wildman–Crippen MR) is 91.9 cm³/mol. The molecule has 1 nitrogen and oxygen atoms in total. The fourth-order valence-electron chi connectivity index (χ4n) is 2.32. The van der Waals surface area contributed by atoms with Crippen LogP contribution in [-0.2, 0) is 0 Å². The van der Waals surface area contributed by atoms with Gasteiger partial charge in [-0.25, -0.2) is 0 Å². The summed E-state index contributed by atoms with van der Waals surface area (Å²) < 4.78 is 5.68. The van der Waals surface area contributed by atoms with Crippen molar-refractivity contribution in [2.24, 2.45) is 0 Å². The van der Waals surface area contributed by atoms with E-state index in [2.05, 4.69) is 15.9 Å². The summed E-state index contributed by atoms with van der Waals surface area (Å²) >= 11 is 3.48. The Bertz CT molecular complexity index is 300. The summed E-state index contributed by atoms with van der Waals surface area (Å²) in [5, 5.41) is 1.16. The quantitative estimate of drug-likeness (QED) is 0.299. The van der Waals surface area contributed by atoms with E-state index in [-0.39, 0.29) is 0 Å². The second-order valence-corrected chi connectivity index (χ2v) is 6.18. The van der Waals surface area contributed by atoms with Crippen LogP contribution in [0.4, 0.5) is 0 Å². The summed E-state index contributed by atoms with van der Waals surface area (Å²) in [5.41, 5.74) is 0. The molecule has 0 aliphatic carbocycles. The molecule has 114 valence electrons. The molecule has 1 aromatic carbocycles. The Labute approximate surface area is 133 Å². The van der Waals surface area contributed by atoms with Crippen molar-refractivity contribution in [3.8, 4) is 5.75 Å². The lowest BCUT2D eigenvalue weighted by molar-refractivity contribution is 0.304. The summed E-state index contributed by atoms with van der Waals surface area (Å²) in [6, 6.07) is 10.1. The molecule has 0 aliphatic rings. The zero-order chi connectivity index (χ0) is 14.3. The van der Waals surface area contributed by atoms with Gasteiger partial charge in [-0.1, -0.05) is 85.5 Å². The standard InChI is InChI=1S/C18H29BrO/c19-16-12-7-5-3-1-2-4-6-8-13-17-20-18-14-10-9-11-15-18/h9-11,14-15H,1-8,12-13,16-17H2. The van der Waals surface area contributed by atoms with Crippen LogP contribution in [0.1, 0.15) is 64.2 Å². The molecule has 0 aliphatic heterocycles. The predicted octanol–water partition coefficient (Wildman–Crippen LogP) is 6.36. The highest BCUT2D eigenvalue weighted by molar-refractivity contribution is 9.09. The molecule has 0 spiro atoms. The number of para-hydroxylation sites is 1. The van der Waals surface area contributed by atoms with Gasteiger partial charge >= 0.3 is 0 Å². The highest BCUT2D eigenvalue weighted by Crippen LogP contribution is 2.12. The number of alkyl halides is 1. The van der Waals surface area contributed by atoms with E-state index in [1.54, 1.807) is 0 Å². The third kappa shape index (κ3) is 10.3. The monoisotopic (exact) mass is 340 g/mol. The molecule has 0 heterocycles. The molecule has 0 radical (unpaired) electrons. The van der Waals surface area contributed by atoms with Crippen molar-refractivity contribution in [2.75, 3.05) is 11.9 Å². The van der Waals surface area contributed by atoms with Crippen LogP contribution in [0, 0.1) is 0 Å². The van der Waals surface area contributed by atoms with Gasteiger partial charge in [0.25, 0.3) is 0 Å². The van der Waals surface area contributed by atoms with Crippen molar-refractivity contribution in [1.82, 2.24) is 0 Å². The highest BCUT2D eigenvalue weighted by atomic mass is 79.9. The Hall–Kier alpha value is -0.500. The topological polar surface area (TPSA) is 9.23 Å². The summed E-state index contributed by atoms with van der Waals surface area (Å²) in [4.78, 5) is 0. The van der Waals surface area contributed by atoms with Crippen molar-refractivity contribution >= 4 is 15.9 Å². The summed E-state index contributed by atoms with van der Waals surface area (Å²) in [5.74, 6) is 0.996. The molecule has 0 amide bonds. The summed E-state index contributed by atoms with van der Waals surface area (Å²) in [6.45, 7) is 0.858. The van der Waals surface area contributed by atoms with Gasteiger partial charge in [-0.3, -0.25) is 0 Å². The fourth-order valence-corrected chi connectivity index (χ4v) is 2.71. The third-order valence-corrected chi connectivity index (χ3v) is 4.10. The maximum absolute atomic E-state index is 5.68. The van der Waals surface area contributed by atoms with E-state index >= 15 is 0 Å². The van der Waals surface area contributed by atoms with Gasteiger partial charge < -0.3 is 4.74 Å². The molecule has 0 saturated heterocycles. The minimum Gasteiger partial charge on any atom is -0.494 e. The number of halogens is 1. The van der Waals surface area contributed by atoms with Crippen LogP contribution in [0.2, 0.25) is 0 Å². The van der Waals surface area contributed by atoms with Crippen LogP contribution in [0.3, 0.4) is 0 Å². The second kappa shape index (κ2) is 13.5. The molecule has 0 saturated carbocycles. The first-order valence-corrected chi connectivity index (χ1v) is 9.29. The lowest BCUT2D eigenvalue weighted by Gasteiger charge is -2.05. The van der Waals surface area contributed by atoms with Gasteiger partial charge in [0.05, 0.1) is 6.61 Å². The summed E-state index contributed by atoms with van der Waals surface area (Å²) in [6.07, 6.45) is 13.6. The van der Waals surface area contributed by atoms with E-state index in [1.165, 1.54) is 64.2 Å². The average Bonchev–Trinajstić information content (AvgIpc) is 2.49. The zero-order valence-electron chi connectivity index (χ0n) is 12.7. The molecular formula is C18H29BrO. The maximum atomic E-state index is 5.68. The van der Waals surface area contributed by atoms with Crippen molar-refractivity contribution in [2.45, 2.75) is 64.2 Å². The van der Waals surface area contributed by atoms with E-state index in [9.17, 15) is 0 Å².